The highest BCUT2D eigenvalue weighted by atomic mass is 35.5. The van der Waals surface area contributed by atoms with Gasteiger partial charge in [0.1, 0.15) is 0 Å². The monoisotopic (exact) mass is 344 g/mol. The highest BCUT2D eigenvalue weighted by Gasteiger charge is 2.30. The lowest BCUT2D eigenvalue weighted by Gasteiger charge is -2.21. The Hall–Kier alpha value is -2.53. The van der Waals surface area contributed by atoms with Gasteiger partial charge in [0.05, 0.1) is 16.3 Å². The number of fused-ring (bicyclic) bond motifs is 1. The van der Waals surface area contributed by atoms with E-state index in [1.165, 1.54) is 18.2 Å². The third-order valence-electron chi connectivity index (χ3n) is 4.02. The SMILES string of the molecule is CC(OC(=O)c1ccc(Cl)c(N)c1)C(=O)N1CCc2ccccc21. The largest absolute Gasteiger partial charge is 0.449 e. The maximum absolute atomic E-state index is 12.6. The Morgan fingerprint density at radius 3 is 2.75 bits per heavy atom. The first kappa shape index (κ1) is 16.3. The van der Waals surface area contributed by atoms with Crippen LogP contribution in [0.15, 0.2) is 42.5 Å². The summed E-state index contributed by atoms with van der Waals surface area (Å²) in [6.07, 6.45) is -0.0865. The minimum absolute atomic E-state index is 0.241. The number of amides is 1. The normalized spacial score (nSPS) is 14.2. The van der Waals surface area contributed by atoms with Crippen LogP contribution in [0.2, 0.25) is 5.02 Å². The molecule has 1 amide bonds. The van der Waals surface area contributed by atoms with Crippen LogP contribution in [0.5, 0.6) is 0 Å². The van der Waals surface area contributed by atoms with Crippen LogP contribution in [0.25, 0.3) is 0 Å². The molecule has 0 aliphatic carbocycles. The third kappa shape index (κ3) is 3.08. The number of hydrogen-bond donors (Lipinski definition) is 1. The van der Waals surface area contributed by atoms with Gasteiger partial charge in [0.25, 0.3) is 5.91 Å². The van der Waals surface area contributed by atoms with E-state index in [9.17, 15) is 9.59 Å². The van der Waals surface area contributed by atoms with E-state index in [0.29, 0.717) is 17.3 Å². The second-order valence-corrected chi connectivity index (χ2v) is 6.06. The fraction of sp³-hybridized carbons (Fsp3) is 0.222. The van der Waals surface area contributed by atoms with Crippen molar-refractivity contribution in [2.45, 2.75) is 19.4 Å². The predicted octanol–water partition coefficient (Wildman–Crippen LogP) is 3.06. The Bertz CT molecular complexity index is 807. The van der Waals surface area contributed by atoms with Crippen LogP contribution in [0.4, 0.5) is 11.4 Å². The minimum atomic E-state index is -0.888. The number of ether oxygens (including phenoxy) is 1. The first-order valence-electron chi connectivity index (χ1n) is 7.62. The van der Waals surface area contributed by atoms with Gasteiger partial charge in [-0.2, -0.15) is 0 Å². The number of anilines is 2. The van der Waals surface area contributed by atoms with Crippen molar-refractivity contribution < 1.29 is 14.3 Å². The molecular formula is C18H17ClN2O3. The zero-order chi connectivity index (χ0) is 17.3. The lowest BCUT2D eigenvalue weighted by atomic mass is 10.2. The molecule has 1 atom stereocenters. The molecule has 1 heterocycles. The topological polar surface area (TPSA) is 72.6 Å². The fourth-order valence-corrected chi connectivity index (χ4v) is 2.85. The average molecular weight is 345 g/mol. The van der Waals surface area contributed by atoms with Gasteiger partial charge in [-0.25, -0.2) is 4.79 Å². The number of halogens is 1. The van der Waals surface area contributed by atoms with Gasteiger partial charge < -0.3 is 15.4 Å². The number of carbonyl (C=O) groups excluding carboxylic acids is 2. The van der Waals surface area contributed by atoms with Crippen LogP contribution >= 0.6 is 11.6 Å². The number of carbonyl (C=O) groups is 2. The Morgan fingerprint density at radius 1 is 1.25 bits per heavy atom. The highest BCUT2D eigenvalue weighted by molar-refractivity contribution is 6.33. The van der Waals surface area contributed by atoms with Crippen molar-refractivity contribution in [1.82, 2.24) is 0 Å². The van der Waals surface area contributed by atoms with E-state index in [0.717, 1.165) is 17.7 Å². The zero-order valence-electron chi connectivity index (χ0n) is 13.2. The van der Waals surface area contributed by atoms with Crippen molar-refractivity contribution >= 4 is 34.9 Å². The molecule has 0 saturated heterocycles. The van der Waals surface area contributed by atoms with E-state index in [-0.39, 0.29) is 11.5 Å². The van der Waals surface area contributed by atoms with Crippen LogP contribution in [0, 0.1) is 0 Å². The van der Waals surface area contributed by atoms with Gasteiger partial charge in [-0.15, -0.1) is 0 Å². The van der Waals surface area contributed by atoms with Crippen molar-refractivity contribution in [3.63, 3.8) is 0 Å². The Balaban J connectivity index is 1.70. The Labute approximate surface area is 145 Å². The summed E-state index contributed by atoms with van der Waals surface area (Å²) in [7, 11) is 0. The summed E-state index contributed by atoms with van der Waals surface area (Å²) in [5.41, 5.74) is 8.24. The zero-order valence-corrected chi connectivity index (χ0v) is 13.9. The van der Waals surface area contributed by atoms with Crippen LogP contribution < -0.4 is 10.6 Å². The summed E-state index contributed by atoms with van der Waals surface area (Å²) in [5, 5.41) is 0.365. The molecule has 6 heteroatoms. The van der Waals surface area contributed by atoms with Gasteiger partial charge in [-0.3, -0.25) is 4.79 Å². The number of nitrogens with zero attached hydrogens (tertiary/aromatic N) is 1. The van der Waals surface area contributed by atoms with Gasteiger partial charge in [-0.1, -0.05) is 29.8 Å². The van der Waals surface area contributed by atoms with E-state index >= 15 is 0 Å². The van der Waals surface area contributed by atoms with E-state index < -0.39 is 12.1 Å². The summed E-state index contributed by atoms with van der Waals surface area (Å²) in [6.45, 7) is 2.16. The number of rotatable bonds is 3. The molecule has 0 aromatic heterocycles. The van der Waals surface area contributed by atoms with Gasteiger partial charge >= 0.3 is 5.97 Å². The second-order valence-electron chi connectivity index (χ2n) is 5.65. The maximum atomic E-state index is 12.6. The van der Waals surface area contributed by atoms with Crippen molar-refractivity contribution in [2.75, 3.05) is 17.2 Å². The van der Waals surface area contributed by atoms with Crippen molar-refractivity contribution in [3.05, 3.63) is 58.6 Å². The first-order chi connectivity index (χ1) is 11.5. The molecule has 5 nitrogen and oxygen atoms in total. The van der Waals surface area contributed by atoms with Crippen LogP contribution in [-0.4, -0.2) is 24.5 Å². The molecule has 0 fully saturated rings. The Kier molecular flexibility index (Phi) is 4.44. The molecular weight excluding hydrogens is 328 g/mol. The molecule has 0 spiro atoms. The fourth-order valence-electron chi connectivity index (χ4n) is 2.74. The average Bonchev–Trinajstić information content (AvgIpc) is 3.00. The molecule has 2 aromatic carbocycles. The van der Waals surface area contributed by atoms with Gasteiger partial charge in [0.15, 0.2) is 6.10 Å². The van der Waals surface area contributed by atoms with Crippen molar-refractivity contribution in [2.24, 2.45) is 0 Å². The molecule has 0 bridgehead atoms. The summed E-state index contributed by atoms with van der Waals surface area (Å²) in [6, 6.07) is 12.2. The Morgan fingerprint density at radius 2 is 2.00 bits per heavy atom. The highest BCUT2D eigenvalue weighted by Crippen LogP contribution is 2.28. The smallest absolute Gasteiger partial charge is 0.338 e. The van der Waals surface area contributed by atoms with Crippen molar-refractivity contribution in [1.29, 1.82) is 0 Å². The van der Waals surface area contributed by atoms with Crippen LogP contribution in [0.3, 0.4) is 0 Å². The van der Waals surface area contributed by atoms with Crippen LogP contribution in [0.1, 0.15) is 22.8 Å². The molecule has 1 aliphatic rings. The summed E-state index contributed by atoms with van der Waals surface area (Å²) < 4.78 is 5.29. The van der Waals surface area contributed by atoms with E-state index in [1.807, 2.05) is 24.3 Å². The molecule has 124 valence electrons. The number of para-hydroxylation sites is 1. The summed E-state index contributed by atoms with van der Waals surface area (Å²) in [4.78, 5) is 26.4. The number of esters is 1. The molecule has 2 aromatic rings. The second kappa shape index (κ2) is 6.53. The number of hydrogen-bond acceptors (Lipinski definition) is 4. The first-order valence-corrected chi connectivity index (χ1v) is 8.00. The summed E-state index contributed by atoms with van der Waals surface area (Å²) >= 11 is 5.84. The molecule has 0 radical (unpaired) electrons. The summed E-state index contributed by atoms with van der Waals surface area (Å²) in [5.74, 6) is -0.845. The number of nitrogen functional groups attached to an aromatic ring is 1. The quantitative estimate of drug-likeness (QED) is 0.686. The molecule has 1 aliphatic heterocycles. The number of nitrogens with two attached hydrogens (primary N) is 1. The molecule has 24 heavy (non-hydrogen) atoms. The van der Waals surface area contributed by atoms with Crippen molar-refractivity contribution in [3.8, 4) is 0 Å². The minimum Gasteiger partial charge on any atom is -0.449 e. The van der Waals surface area contributed by atoms with E-state index in [4.69, 9.17) is 22.1 Å². The molecule has 1 unspecified atom stereocenters. The molecule has 3 rings (SSSR count). The standard InChI is InChI=1S/C18H17ClN2O3/c1-11(24-18(23)13-6-7-14(19)15(20)10-13)17(22)21-9-8-12-4-2-3-5-16(12)21/h2-7,10-11H,8-9,20H2,1H3. The lowest BCUT2D eigenvalue weighted by Crippen LogP contribution is -2.39. The third-order valence-corrected chi connectivity index (χ3v) is 4.36. The van der Waals surface area contributed by atoms with Gasteiger partial charge in [-0.05, 0) is 43.2 Å². The molecule has 2 N–H and O–H groups in total. The van der Waals surface area contributed by atoms with Gasteiger partial charge in [0, 0.05) is 12.2 Å². The van der Waals surface area contributed by atoms with E-state index in [2.05, 4.69) is 0 Å². The van der Waals surface area contributed by atoms with E-state index in [1.54, 1.807) is 11.8 Å². The maximum Gasteiger partial charge on any atom is 0.338 e. The van der Waals surface area contributed by atoms with Crippen LogP contribution in [-0.2, 0) is 16.0 Å². The molecule has 0 saturated carbocycles. The number of benzene rings is 2. The van der Waals surface area contributed by atoms with Gasteiger partial charge in [0.2, 0.25) is 0 Å². The predicted molar refractivity (Wildman–Crippen MR) is 93.2 cm³/mol. The lowest BCUT2D eigenvalue weighted by molar-refractivity contribution is -0.126.